The van der Waals surface area contributed by atoms with Gasteiger partial charge in [-0.15, -0.1) is 0 Å². The fourth-order valence-corrected chi connectivity index (χ4v) is 2.71. The Morgan fingerprint density at radius 3 is 2.30 bits per heavy atom. The highest BCUT2D eigenvalue weighted by atomic mass is 16.6. The molecular formula is C20H22N2O8. The van der Waals surface area contributed by atoms with Crippen LogP contribution in [0.5, 0.6) is 17.2 Å². The number of esters is 1. The van der Waals surface area contributed by atoms with Gasteiger partial charge in [0.05, 0.1) is 37.9 Å². The van der Waals surface area contributed by atoms with Crippen molar-refractivity contribution >= 4 is 17.6 Å². The van der Waals surface area contributed by atoms with E-state index in [4.69, 9.17) is 18.9 Å². The second kappa shape index (κ2) is 10.1. The lowest BCUT2D eigenvalue weighted by molar-refractivity contribution is -0.385. The maximum atomic E-state index is 12.2. The summed E-state index contributed by atoms with van der Waals surface area (Å²) >= 11 is 0. The summed E-state index contributed by atoms with van der Waals surface area (Å²) in [6, 6.07) is 8.35. The lowest BCUT2D eigenvalue weighted by Crippen LogP contribution is -2.31. The quantitative estimate of drug-likeness (QED) is 0.374. The Kier molecular flexibility index (Phi) is 7.56. The number of nitro benzene ring substituents is 1. The molecule has 2 aromatic rings. The second-order valence-corrected chi connectivity index (χ2v) is 6.12. The van der Waals surface area contributed by atoms with Crippen molar-refractivity contribution in [1.82, 2.24) is 5.32 Å². The highest BCUT2D eigenvalue weighted by Gasteiger charge is 2.20. The molecule has 10 nitrogen and oxygen atoms in total. The van der Waals surface area contributed by atoms with Crippen molar-refractivity contribution in [2.45, 2.75) is 13.0 Å². The van der Waals surface area contributed by atoms with E-state index in [9.17, 15) is 19.7 Å². The molecule has 10 heteroatoms. The Hall–Kier alpha value is -3.82. The van der Waals surface area contributed by atoms with Crippen LogP contribution >= 0.6 is 0 Å². The molecule has 2 aromatic carbocycles. The number of benzene rings is 2. The number of hydrogen-bond donors (Lipinski definition) is 1. The predicted molar refractivity (Wildman–Crippen MR) is 106 cm³/mol. The summed E-state index contributed by atoms with van der Waals surface area (Å²) in [7, 11) is 4.32. The first-order valence-electron chi connectivity index (χ1n) is 8.81. The molecular weight excluding hydrogens is 396 g/mol. The SMILES string of the molecule is COc1ccc(OC)c([C@H](C)NC(=O)COC(=O)c2ccc(OC)c([N+](=O)[O-])c2)c1. The van der Waals surface area contributed by atoms with E-state index >= 15 is 0 Å². The van der Waals surface area contributed by atoms with Gasteiger partial charge in [0.1, 0.15) is 11.5 Å². The van der Waals surface area contributed by atoms with Gasteiger partial charge in [0, 0.05) is 11.6 Å². The van der Waals surface area contributed by atoms with Crippen LogP contribution in [0, 0.1) is 10.1 Å². The van der Waals surface area contributed by atoms with E-state index in [0.29, 0.717) is 17.1 Å². The van der Waals surface area contributed by atoms with Gasteiger partial charge in [-0.1, -0.05) is 0 Å². The summed E-state index contributed by atoms with van der Waals surface area (Å²) in [6.45, 7) is 1.18. The molecule has 0 spiro atoms. The smallest absolute Gasteiger partial charge is 0.338 e. The third kappa shape index (κ3) is 5.37. The van der Waals surface area contributed by atoms with Gasteiger partial charge in [-0.3, -0.25) is 14.9 Å². The van der Waals surface area contributed by atoms with Crippen LogP contribution in [0.25, 0.3) is 0 Å². The molecule has 0 aliphatic carbocycles. The van der Waals surface area contributed by atoms with Gasteiger partial charge < -0.3 is 24.3 Å². The lowest BCUT2D eigenvalue weighted by Gasteiger charge is -2.18. The van der Waals surface area contributed by atoms with Gasteiger partial charge in [0.2, 0.25) is 0 Å². The zero-order valence-electron chi connectivity index (χ0n) is 17.0. The van der Waals surface area contributed by atoms with Crippen molar-refractivity contribution in [3.8, 4) is 17.2 Å². The molecule has 0 unspecified atom stereocenters. The van der Waals surface area contributed by atoms with Crippen LogP contribution in [0.3, 0.4) is 0 Å². The van der Waals surface area contributed by atoms with Gasteiger partial charge in [-0.05, 0) is 37.3 Å². The maximum Gasteiger partial charge on any atom is 0.338 e. The minimum Gasteiger partial charge on any atom is -0.497 e. The Labute approximate surface area is 172 Å². The monoisotopic (exact) mass is 418 g/mol. The Balaban J connectivity index is 2.02. The molecule has 0 saturated heterocycles. The molecule has 0 radical (unpaired) electrons. The molecule has 2 rings (SSSR count). The van der Waals surface area contributed by atoms with Crippen LogP contribution in [-0.4, -0.2) is 44.7 Å². The topological polar surface area (TPSA) is 126 Å². The molecule has 0 saturated carbocycles. The maximum absolute atomic E-state index is 12.2. The van der Waals surface area contributed by atoms with Crippen LogP contribution in [0.1, 0.15) is 28.9 Å². The molecule has 30 heavy (non-hydrogen) atoms. The average molecular weight is 418 g/mol. The third-order valence-corrected chi connectivity index (χ3v) is 4.23. The second-order valence-electron chi connectivity index (χ2n) is 6.12. The Morgan fingerprint density at radius 1 is 1.03 bits per heavy atom. The summed E-state index contributed by atoms with van der Waals surface area (Å²) in [5, 5.41) is 13.8. The van der Waals surface area contributed by atoms with Gasteiger partial charge in [-0.25, -0.2) is 4.79 Å². The fraction of sp³-hybridized carbons (Fsp3) is 0.300. The number of carbonyl (C=O) groups excluding carboxylic acids is 2. The highest BCUT2D eigenvalue weighted by molar-refractivity contribution is 5.92. The number of carbonyl (C=O) groups is 2. The Morgan fingerprint density at radius 2 is 1.70 bits per heavy atom. The zero-order valence-corrected chi connectivity index (χ0v) is 17.0. The van der Waals surface area contributed by atoms with Gasteiger partial charge in [0.25, 0.3) is 5.91 Å². The van der Waals surface area contributed by atoms with Crippen molar-refractivity contribution in [3.63, 3.8) is 0 Å². The number of rotatable bonds is 9. The lowest BCUT2D eigenvalue weighted by atomic mass is 10.1. The number of nitrogens with zero attached hydrogens (tertiary/aromatic N) is 1. The summed E-state index contributed by atoms with van der Waals surface area (Å²) in [5.41, 5.74) is 0.232. The number of amides is 1. The van der Waals surface area contributed by atoms with Crippen LogP contribution in [0.15, 0.2) is 36.4 Å². The molecule has 1 N–H and O–H groups in total. The normalized spacial score (nSPS) is 11.2. The number of ether oxygens (including phenoxy) is 4. The molecule has 0 fully saturated rings. The first kappa shape index (κ1) is 22.5. The van der Waals surface area contributed by atoms with Crippen LogP contribution < -0.4 is 19.5 Å². The molecule has 1 amide bonds. The highest BCUT2D eigenvalue weighted by Crippen LogP contribution is 2.29. The first-order valence-corrected chi connectivity index (χ1v) is 8.81. The molecule has 160 valence electrons. The summed E-state index contributed by atoms with van der Waals surface area (Å²) in [4.78, 5) is 34.8. The van der Waals surface area contributed by atoms with Crippen molar-refractivity contribution in [2.24, 2.45) is 0 Å². The molecule has 0 aliphatic rings. The number of hydrogen-bond acceptors (Lipinski definition) is 8. The number of nitro groups is 1. The van der Waals surface area contributed by atoms with E-state index in [1.165, 1.54) is 33.5 Å². The zero-order chi connectivity index (χ0) is 22.3. The molecule has 1 atom stereocenters. The van der Waals surface area contributed by atoms with Crippen molar-refractivity contribution < 1.29 is 33.5 Å². The van der Waals surface area contributed by atoms with Crippen molar-refractivity contribution in [1.29, 1.82) is 0 Å². The molecule has 0 bridgehead atoms. The number of nitrogens with one attached hydrogen (secondary N) is 1. The van der Waals surface area contributed by atoms with Crippen LogP contribution in [-0.2, 0) is 9.53 Å². The van der Waals surface area contributed by atoms with Gasteiger partial charge in [-0.2, -0.15) is 0 Å². The van der Waals surface area contributed by atoms with Crippen LogP contribution in [0.4, 0.5) is 5.69 Å². The summed E-state index contributed by atoms with van der Waals surface area (Å²) in [6.07, 6.45) is 0. The molecule has 0 aromatic heterocycles. The van der Waals surface area contributed by atoms with E-state index in [0.717, 1.165) is 6.07 Å². The van der Waals surface area contributed by atoms with E-state index < -0.39 is 29.4 Å². The summed E-state index contributed by atoms with van der Waals surface area (Å²) in [5.74, 6) is -0.257. The van der Waals surface area contributed by atoms with Crippen LogP contribution in [0.2, 0.25) is 0 Å². The molecule has 0 aliphatic heterocycles. The van der Waals surface area contributed by atoms with E-state index in [1.54, 1.807) is 25.1 Å². The minimum atomic E-state index is -0.873. The molecule has 0 heterocycles. The predicted octanol–water partition coefficient (Wildman–Crippen LogP) is 2.65. The van der Waals surface area contributed by atoms with Gasteiger partial charge >= 0.3 is 11.7 Å². The van der Waals surface area contributed by atoms with E-state index in [-0.39, 0.29) is 17.0 Å². The van der Waals surface area contributed by atoms with Gasteiger partial charge in [0.15, 0.2) is 12.4 Å². The van der Waals surface area contributed by atoms with E-state index in [1.807, 2.05) is 0 Å². The largest absolute Gasteiger partial charge is 0.497 e. The van der Waals surface area contributed by atoms with Crippen molar-refractivity contribution in [3.05, 3.63) is 57.6 Å². The third-order valence-electron chi connectivity index (χ3n) is 4.23. The minimum absolute atomic E-state index is 0.00959. The van der Waals surface area contributed by atoms with E-state index in [2.05, 4.69) is 5.32 Å². The van der Waals surface area contributed by atoms with Crippen molar-refractivity contribution in [2.75, 3.05) is 27.9 Å². The standard InChI is InChI=1S/C20H22N2O8/c1-12(15-10-14(27-2)6-8-17(15)28-3)21-19(23)11-30-20(24)13-5-7-18(29-4)16(9-13)22(25)26/h5-10,12H,11H2,1-4H3,(H,21,23)/t12-/m0/s1. The number of methoxy groups -OCH3 is 3. The first-order chi connectivity index (χ1) is 14.3. The average Bonchev–Trinajstić information content (AvgIpc) is 2.76. The summed E-state index contributed by atoms with van der Waals surface area (Å²) < 4.78 is 20.3. The fourth-order valence-electron chi connectivity index (χ4n) is 2.71. The Bertz CT molecular complexity index is 944.